The third-order valence-electron chi connectivity index (χ3n) is 3.24. The van der Waals surface area contributed by atoms with Crippen LogP contribution in [0, 0.1) is 10.1 Å². The van der Waals surface area contributed by atoms with Gasteiger partial charge in [-0.2, -0.15) is 9.78 Å². The third kappa shape index (κ3) is 4.15. The maximum Gasteiger partial charge on any atom is 0.269 e. The van der Waals surface area contributed by atoms with Gasteiger partial charge in [-0.3, -0.25) is 15.5 Å². The van der Waals surface area contributed by atoms with Gasteiger partial charge in [-0.1, -0.05) is 11.6 Å². The zero-order chi connectivity index (χ0) is 17.6. The summed E-state index contributed by atoms with van der Waals surface area (Å²) in [5.41, 5.74) is 4.25. The van der Waals surface area contributed by atoms with Crippen molar-refractivity contribution < 1.29 is 4.92 Å². The van der Waals surface area contributed by atoms with E-state index in [1.165, 1.54) is 12.1 Å². The Balaban J connectivity index is 1.62. The fourth-order valence-electron chi connectivity index (χ4n) is 2.02. The van der Waals surface area contributed by atoms with Crippen molar-refractivity contribution in [1.82, 2.24) is 20.2 Å². The molecule has 0 amide bonds. The van der Waals surface area contributed by atoms with E-state index in [9.17, 15) is 10.1 Å². The van der Waals surface area contributed by atoms with E-state index in [0.717, 1.165) is 5.69 Å². The van der Waals surface area contributed by atoms with Crippen molar-refractivity contribution in [3.8, 4) is 5.69 Å². The first-order chi connectivity index (χ1) is 12.1. The molecule has 0 aliphatic rings. The lowest BCUT2D eigenvalue weighted by Crippen LogP contribution is -2.04. The van der Waals surface area contributed by atoms with Gasteiger partial charge in [-0.15, -0.1) is 5.10 Å². The lowest BCUT2D eigenvalue weighted by atomic mass is 10.3. The van der Waals surface area contributed by atoms with Crippen LogP contribution >= 0.6 is 11.6 Å². The SMILES string of the molecule is O=[N+]([O-])c1ccc(N/N=C/Cc2nnnn2-c2ccc(Cl)cc2)cc1. The van der Waals surface area contributed by atoms with Crippen molar-refractivity contribution in [1.29, 1.82) is 0 Å². The molecular formula is C15H12ClN7O2. The number of benzene rings is 2. The first-order valence-electron chi connectivity index (χ1n) is 7.18. The molecule has 1 N–H and O–H groups in total. The van der Waals surface area contributed by atoms with E-state index < -0.39 is 4.92 Å². The topological polar surface area (TPSA) is 111 Å². The quantitative estimate of drug-likeness (QED) is 0.412. The number of nitrogens with zero attached hydrogens (tertiary/aromatic N) is 6. The number of hydrogen-bond donors (Lipinski definition) is 1. The zero-order valence-electron chi connectivity index (χ0n) is 12.8. The van der Waals surface area contributed by atoms with E-state index in [1.54, 1.807) is 35.2 Å². The summed E-state index contributed by atoms with van der Waals surface area (Å²) in [6.45, 7) is 0. The molecule has 0 saturated carbocycles. The lowest BCUT2D eigenvalue weighted by Gasteiger charge is -2.03. The smallest absolute Gasteiger partial charge is 0.269 e. The second-order valence-electron chi connectivity index (χ2n) is 4.91. The van der Waals surface area contributed by atoms with E-state index in [4.69, 9.17) is 11.6 Å². The summed E-state index contributed by atoms with van der Waals surface area (Å²) in [5, 5.41) is 26.9. The molecule has 0 spiro atoms. The van der Waals surface area contributed by atoms with Crippen molar-refractivity contribution >= 4 is 29.2 Å². The lowest BCUT2D eigenvalue weighted by molar-refractivity contribution is -0.384. The fourth-order valence-corrected chi connectivity index (χ4v) is 2.15. The summed E-state index contributed by atoms with van der Waals surface area (Å²) in [6, 6.07) is 13.1. The molecule has 0 bridgehead atoms. The molecule has 9 nitrogen and oxygen atoms in total. The van der Waals surface area contributed by atoms with Crippen molar-refractivity contribution in [3.05, 3.63) is 69.5 Å². The Labute approximate surface area is 147 Å². The molecular weight excluding hydrogens is 346 g/mol. The van der Waals surface area contributed by atoms with Gasteiger partial charge in [0.1, 0.15) is 0 Å². The molecule has 3 aromatic rings. The number of halogens is 1. The highest BCUT2D eigenvalue weighted by atomic mass is 35.5. The van der Waals surface area contributed by atoms with Gasteiger partial charge >= 0.3 is 0 Å². The van der Waals surface area contributed by atoms with Crippen LogP contribution in [0.5, 0.6) is 0 Å². The molecule has 0 radical (unpaired) electrons. The minimum absolute atomic E-state index is 0.0247. The number of hydrogen-bond acceptors (Lipinski definition) is 7. The maximum absolute atomic E-state index is 10.6. The van der Waals surface area contributed by atoms with Crippen molar-refractivity contribution in [2.45, 2.75) is 6.42 Å². The Bertz CT molecular complexity index is 891. The summed E-state index contributed by atoms with van der Waals surface area (Å²) in [5.74, 6) is 0.608. The van der Waals surface area contributed by atoms with Gasteiger partial charge in [-0.05, 0) is 46.8 Å². The van der Waals surface area contributed by atoms with Crippen LogP contribution in [0.1, 0.15) is 5.82 Å². The number of nitrogens with one attached hydrogen (secondary N) is 1. The van der Waals surface area contributed by atoms with Gasteiger partial charge in [0.2, 0.25) is 0 Å². The highest BCUT2D eigenvalue weighted by molar-refractivity contribution is 6.30. The van der Waals surface area contributed by atoms with Crippen molar-refractivity contribution in [2.75, 3.05) is 5.43 Å². The van der Waals surface area contributed by atoms with Gasteiger partial charge in [0.15, 0.2) is 5.82 Å². The number of anilines is 1. The predicted octanol–water partition coefficient (Wildman–Crippen LogP) is 2.86. The molecule has 1 heterocycles. The number of aromatic nitrogens is 4. The van der Waals surface area contributed by atoms with E-state index in [-0.39, 0.29) is 5.69 Å². The molecule has 0 aliphatic carbocycles. The molecule has 0 unspecified atom stereocenters. The second kappa shape index (κ2) is 7.49. The number of non-ortho nitro benzene ring substituents is 1. The summed E-state index contributed by atoms with van der Waals surface area (Å²) in [6.07, 6.45) is 2.01. The standard InChI is InChI=1S/C15H12ClN7O2/c16-11-1-5-13(6-2-11)22-15(19-20-21-22)9-10-17-18-12-3-7-14(8-4-12)23(24)25/h1-8,10,18H,9H2/b17-10+. The van der Waals surface area contributed by atoms with Crippen LogP contribution in [0.3, 0.4) is 0 Å². The van der Waals surface area contributed by atoms with Gasteiger partial charge in [0.05, 0.1) is 16.3 Å². The molecule has 2 aromatic carbocycles. The predicted molar refractivity (Wildman–Crippen MR) is 93.1 cm³/mol. The van der Waals surface area contributed by atoms with Crippen molar-refractivity contribution in [3.63, 3.8) is 0 Å². The van der Waals surface area contributed by atoms with Crippen molar-refractivity contribution in [2.24, 2.45) is 5.10 Å². The van der Waals surface area contributed by atoms with Gasteiger partial charge in [0, 0.05) is 29.8 Å². The molecule has 10 heteroatoms. The van der Waals surface area contributed by atoms with Crippen LogP contribution < -0.4 is 5.43 Å². The molecule has 25 heavy (non-hydrogen) atoms. The Morgan fingerprint density at radius 2 is 1.92 bits per heavy atom. The summed E-state index contributed by atoms with van der Waals surface area (Å²) in [4.78, 5) is 10.1. The van der Waals surface area contributed by atoms with Gasteiger partial charge in [-0.25, -0.2) is 0 Å². The largest absolute Gasteiger partial charge is 0.279 e. The molecule has 0 aliphatic heterocycles. The number of nitro groups is 1. The minimum Gasteiger partial charge on any atom is -0.279 e. The normalized spacial score (nSPS) is 10.9. The van der Waals surface area contributed by atoms with E-state index in [2.05, 4.69) is 26.1 Å². The van der Waals surface area contributed by atoms with Crippen LogP contribution in [0.4, 0.5) is 11.4 Å². The molecule has 0 atom stereocenters. The number of rotatable bonds is 6. The van der Waals surface area contributed by atoms with E-state index >= 15 is 0 Å². The van der Waals surface area contributed by atoms with Crippen LogP contribution in [0.15, 0.2) is 53.6 Å². The van der Waals surface area contributed by atoms with Gasteiger partial charge < -0.3 is 0 Å². The number of tetrazole rings is 1. The monoisotopic (exact) mass is 357 g/mol. The number of nitro benzene ring substituents is 1. The van der Waals surface area contributed by atoms with E-state index in [0.29, 0.717) is 23.0 Å². The molecule has 0 saturated heterocycles. The van der Waals surface area contributed by atoms with Crippen LogP contribution in [0.25, 0.3) is 5.69 Å². The third-order valence-corrected chi connectivity index (χ3v) is 3.49. The number of hydrazone groups is 1. The molecule has 3 rings (SSSR count). The highest BCUT2D eigenvalue weighted by Gasteiger charge is 2.07. The first-order valence-corrected chi connectivity index (χ1v) is 7.56. The average molecular weight is 358 g/mol. The minimum atomic E-state index is -0.455. The van der Waals surface area contributed by atoms with Crippen LogP contribution in [-0.4, -0.2) is 31.3 Å². The molecule has 126 valence electrons. The Hall–Kier alpha value is -3.33. The van der Waals surface area contributed by atoms with Crippen LogP contribution in [-0.2, 0) is 6.42 Å². The molecule has 0 fully saturated rings. The Kier molecular flexibility index (Phi) is 4.95. The Morgan fingerprint density at radius 3 is 2.60 bits per heavy atom. The molecule has 1 aromatic heterocycles. The summed E-state index contributed by atoms with van der Waals surface area (Å²) < 4.78 is 1.59. The van der Waals surface area contributed by atoms with Crippen LogP contribution in [0.2, 0.25) is 5.02 Å². The van der Waals surface area contributed by atoms with E-state index in [1.807, 2.05) is 12.1 Å². The highest BCUT2D eigenvalue weighted by Crippen LogP contribution is 2.15. The fraction of sp³-hybridized carbons (Fsp3) is 0.0667. The summed E-state index contributed by atoms with van der Waals surface area (Å²) in [7, 11) is 0. The zero-order valence-corrected chi connectivity index (χ0v) is 13.5. The summed E-state index contributed by atoms with van der Waals surface area (Å²) >= 11 is 5.87. The Morgan fingerprint density at radius 1 is 1.20 bits per heavy atom. The maximum atomic E-state index is 10.6. The second-order valence-corrected chi connectivity index (χ2v) is 5.35. The average Bonchev–Trinajstić information content (AvgIpc) is 3.08. The van der Waals surface area contributed by atoms with Gasteiger partial charge in [0.25, 0.3) is 5.69 Å². The first kappa shape index (κ1) is 16.5.